The second-order valence-electron chi connectivity index (χ2n) is 7.65. The van der Waals surface area contributed by atoms with Crippen molar-refractivity contribution >= 4 is 17.6 Å². The fourth-order valence-electron chi connectivity index (χ4n) is 3.02. The summed E-state index contributed by atoms with van der Waals surface area (Å²) in [5.41, 5.74) is 7.68. The first-order chi connectivity index (χ1) is 15.7. The van der Waals surface area contributed by atoms with Gasteiger partial charge in [0, 0.05) is 34.5 Å². The highest BCUT2D eigenvalue weighted by Gasteiger charge is 2.16. The molecular formula is C26H37N5OS. The van der Waals surface area contributed by atoms with E-state index in [-0.39, 0.29) is 11.6 Å². The molecule has 178 valence electrons. The van der Waals surface area contributed by atoms with E-state index in [4.69, 9.17) is 5.73 Å². The SMILES string of the molecule is C=C(/C=C\C)Sc1ccc(C(CNc2nn(C)c(=O)c(C)c2C)N(C)C)cc1.C=C/C=C\N. The number of allylic oxidation sites excluding steroid dienone is 4. The number of aryl methyl sites for hydroxylation is 1. The number of likely N-dealkylation sites (N-methyl/N-ethyl adjacent to an activating group) is 1. The zero-order valence-electron chi connectivity index (χ0n) is 20.6. The third-order valence-electron chi connectivity index (χ3n) is 4.98. The van der Waals surface area contributed by atoms with Crippen LogP contribution in [0.15, 0.2) is 82.5 Å². The van der Waals surface area contributed by atoms with E-state index in [0.717, 1.165) is 21.8 Å². The molecule has 1 aromatic heterocycles. The minimum Gasteiger partial charge on any atom is -0.405 e. The van der Waals surface area contributed by atoms with Crippen LogP contribution < -0.4 is 16.6 Å². The van der Waals surface area contributed by atoms with E-state index >= 15 is 0 Å². The van der Waals surface area contributed by atoms with Gasteiger partial charge >= 0.3 is 0 Å². The molecule has 33 heavy (non-hydrogen) atoms. The number of thioether (sulfide) groups is 1. The summed E-state index contributed by atoms with van der Waals surface area (Å²) >= 11 is 1.66. The molecule has 0 aliphatic rings. The Kier molecular flexibility index (Phi) is 12.0. The van der Waals surface area contributed by atoms with Crippen LogP contribution in [0, 0.1) is 13.8 Å². The van der Waals surface area contributed by atoms with Crippen LogP contribution in [0.5, 0.6) is 0 Å². The molecule has 0 aliphatic heterocycles. The molecule has 0 spiro atoms. The lowest BCUT2D eigenvalue weighted by Gasteiger charge is -2.26. The number of hydrogen-bond acceptors (Lipinski definition) is 6. The minimum absolute atomic E-state index is 0.0557. The Morgan fingerprint density at radius 1 is 1.27 bits per heavy atom. The first kappa shape index (κ1) is 28.0. The molecule has 2 rings (SSSR count). The van der Waals surface area contributed by atoms with Gasteiger partial charge in [0.25, 0.3) is 5.56 Å². The Hall–Kier alpha value is -3.03. The van der Waals surface area contributed by atoms with Crippen molar-refractivity contribution in [3.63, 3.8) is 0 Å². The maximum atomic E-state index is 12.0. The zero-order chi connectivity index (χ0) is 25.0. The molecule has 7 heteroatoms. The maximum absolute atomic E-state index is 12.0. The summed E-state index contributed by atoms with van der Waals surface area (Å²) in [6, 6.07) is 8.75. The van der Waals surface area contributed by atoms with Crippen LogP contribution in [0.3, 0.4) is 0 Å². The van der Waals surface area contributed by atoms with Crippen molar-refractivity contribution in [2.24, 2.45) is 12.8 Å². The van der Waals surface area contributed by atoms with E-state index in [1.807, 2.05) is 32.9 Å². The van der Waals surface area contributed by atoms with Gasteiger partial charge in [-0.1, -0.05) is 55.3 Å². The molecule has 1 aromatic carbocycles. The van der Waals surface area contributed by atoms with Gasteiger partial charge in [-0.2, -0.15) is 5.10 Å². The predicted molar refractivity (Wildman–Crippen MR) is 144 cm³/mol. The Bertz CT molecular complexity index is 1040. The molecular weight excluding hydrogens is 430 g/mol. The molecule has 6 nitrogen and oxygen atoms in total. The number of nitrogens with zero attached hydrogens (tertiary/aromatic N) is 3. The fourth-order valence-corrected chi connectivity index (χ4v) is 3.80. The van der Waals surface area contributed by atoms with E-state index < -0.39 is 0 Å². The van der Waals surface area contributed by atoms with Crippen molar-refractivity contribution in [1.29, 1.82) is 0 Å². The smallest absolute Gasteiger partial charge is 0.269 e. The third kappa shape index (κ3) is 8.79. The molecule has 0 saturated heterocycles. The average molecular weight is 468 g/mol. The van der Waals surface area contributed by atoms with E-state index in [1.54, 1.807) is 31.0 Å². The lowest BCUT2D eigenvalue weighted by Crippen LogP contribution is -2.29. The number of nitrogens with two attached hydrogens (primary N) is 1. The number of benzene rings is 1. The van der Waals surface area contributed by atoms with Crippen LogP contribution in [0.2, 0.25) is 0 Å². The van der Waals surface area contributed by atoms with Crippen molar-refractivity contribution in [2.45, 2.75) is 31.7 Å². The molecule has 0 bridgehead atoms. The van der Waals surface area contributed by atoms with E-state index in [2.05, 4.69) is 66.8 Å². The topological polar surface area (TPSA) is 76.2 Å². The van der Waals surface area contributed by atoms with Crippen molar-refractivity contribution < 1.29 is 0 Å². The van der Waals surface area contributed by atoms with Crippen molar-refractivity contribution in [3.05, 3.63) is 99.9 Å². The highest BCUT2D eigenvalue weighted by Crippen LogP contribution is 2.28. The minimum atomic E-state index is -0.0557. The fraction of sp³-hybridized carbons (Fsp3) is 0.308. The highest BCUT2D eigenvalue weighted by atomic mass is 32.2. The van der Waals surface area contributed by atoms with E-state index in [9.17, 15) is 4.79 Å². The van der Waals surface area contributed by atoms with Crippen LogP contribution in [-0.2, 0) is 7.05 Å². The molecule has 0 aliphatic carbocycles. The molecule has 2 aromatic rings. The Morgan fingerprint density at radius 2 is 1.91 bits per heavy atom. The van der Waals surface area contributed by atoms with E-state index in [1.165, 1.54) is 21.3 Å². The predicted octanol–water partition coefficient (Wildman–Crippen LogP) is 4.94. The van der Waals surface area contributed by atoms with Crippen molar-refractivity contribution in [1.82, 2.24) is 14.7 Å². The second-order valence-corrected chi connectivity index (χ2v) is 8.85. The van der Waals surface area contributed by atoms with Gasteiger partial charge in [-0.15, -0.1) is 0 Å². The summed E-state index contributed by atoms with van der Waals surface area (Å²) in [4.78, 5) is 16.4. The first-order valence-corrected chi connectivity index (χ1v) is 11.5. The van der Waals surface area contributed by atoms with Crippen LogP contribution in [0.25, 0.3) is 0 Å². The summed E-state index contributed by atoms with van der Waals surface area (Å²) in [7, 11) is 5.81. The molecule has 0 saturated carbocycles. The van der Waals surface area contributed by atoms with Gasteiger partial charge in [-0.25, -0.2) is 4.68 Å². The summed E-state index contributed by atoms with van der Waals surface area (Å²) in [5, 5.41) is 7.80. The number of aromatic nitrogens is 2. The van der Waals surface area contributed by atoms with Gasteiger partial charge in [-0.3, -0.25) is 4.79 Å². The quantitative estimate of drug-likeness (QED) is 0.402. The first-order valence-electron chi connectivity index (χ1n) is 10.7. The van der Waals surface area contributed by atoms with E-state index in [0.29, 0.717) is 6.54 Å². The summed E-state index contributed by atoms with van der Waals surface area (Å²) in [5.74, 6) is 0.751. The maximum Gasteiger partial charge on any atom is 0.269 e. The summed E-state index contributed by atoms with van der Waals surface area (Å²) in [6.45, 7) is 13.9. The molecule has 1 unspecified atom stereocenters. The number of nitrogens with one attached hydrogen (secondary N) is 1. The third-order valence-corrected chi connectivity index (χ3v) is 5.89. The Morgan fingerprint density at radius 3 is 2.39 bits per heavy atom. The number of anilines is 1. The second kappa shape index (κ2) is 14.2. The van der Waals surface area contributed by atoms with Crippen LogP contribution in [0.1, 0.15) is 29.7 Å². The average Bonchev–Trinajstić information content (AvgIpc) is 2.77. The van der Waals surface area contributed by atoms with Crippen molar-refractivity contribution in [3.8, 4) is 0 Å². The lowest BCUT2D eigenvalue weighted by molar-refractivity contribution is 0.311. The van der Waals surface area contributed by atoms with Gasteiger partial charge in [0.15, 0.2) is 0 Å². The Balaban J connectivity index is 0.000000981. The van der Waals surface area contributed by atoms with Gasteiger partial charge in [0.2, 0.25) is 0 Å². The molecule has 0 amide bonds. The zero-order valence-corrected chi connectivity index (χ0v) is 21.4. The highest BCUT2D eigenvalue weighted by molar-refractivity contribution is 8.03. The molecule has 1 heterocycles. The molecule has 0 fully saturated rings. The summed E-state index contributed by atoms with van der Waals surface area (Å²) in [6.07, 6.45) is 8.73. The van der Waals surface area contributed by atoms with Crippen molar-refractivity contribution in [2.75, 3.05) is 26.0 Å². The number of hydrogen-bond donors (Lipinski definition) is 2. The summed E-state index contributed by atoms with van der Waals surface area (Å²) < 4.78 is 1.39. The normalized spacial score (nSPS) is 12.0. The standard InChI is InChI=1S/C22H30N4OS.C4H7N/c1-8-9-15(2)28-19-12-10-18(11-13-19)20(25(5)6)14-23-21-16(3)17(4)22(27)26(7)24-21;1-2-3-4-5/h8-13,20H,2,14H2,1,3-7H3,(H,23,24);2-4H,1,5H2/b9-8-;4-3-. The van der Waals surface area contributed by atoms with Crippen LogP contribution in [-0.4, -0.2) is 35.3 Å². The van der Waals surface area contributed by atoms with Crippen LogP contribution >= 0.6 is 11.8 Å². The molecule has 0 radical (unpaired) electrons. The number of rotatable bonds is 9. The molecule has 1 atom stereocenters. The Labute approximate surface area is 202 Å². The van der Waals surface area contributed by atoms with Crippen LogP contribution in [0.4, 0.5) is 5.82 Å². The van der Waals surface area contributed by atoms with Gasteiger partial charge < -0.3 is 16.0 Å². The van der Waals surface area contributed by atoms with Gasteiger partial charge in [0.05, 0.1) is 6.04 Å². The monoisotopic (exact) mass is 467 g/mol. The van der Waals surface area contributed by atoms with Gasteiger partial charge in [0.1, 0.15) is 5.82 Å². The largest absolute Gasteiger partial charge is 0.405 e. The molecule has 3 N–H and O–H groups in total. The lowest BCUT2D eigenvalue weighted by atomic mass is 10.1. The van der Waals surface area contributed by atoms with Gasteiger partial charge in [-0.05, 0) is 64.8 Å².